The number of halogens is 1. The van der Waals surface area contributed by atoms with E-state index in [1.165, 1.54) is 9.21 Å². The van der Waals surface area contributed by atoms with Gasteiger partial charge in [-0.25, -0.2) is 8.42 Å². The van der Waals surface area contributed by atoms with Crippen molar-refractivity contribution in [3.63, 3.8) is 0 Å². The van der Waals surface area contributed by atoms with Gasteiger partial charge >= 0.3 is 0 Å². The van der Waals surface area contributed by atoms with Crippen LogP contribution in [0.2, 0.25) is 5.02 Å². The normalized spacial score (nSPS) is 12.9. The molecule has 1 N–H and O–H groups in total. The zero-order valence-electron chi connectivity index (χ0n) is 22.2. The lowest BCUT2D eigenvalue weighted by molar-refractivity contribution is -0.140. The highest BCUT2D eigenvalue weighted by atomic mass is 35.5. The Morgan fingerprint density at radius 1 is 1.05 bits per heavy atom. The first-order chi connectivity index (χ1) is 17.5. The van der Waals surface area contributed by atoms with Crippen molar-refractivity contribution in [1.82, 2.24) is 10.2 Å². The van der Waals surface area contributed by atoms with Crippen LogP contribution in [0, 0.1) is 0 Å². The highest BCUT2D eigenvalue weighted by Gasteiger charge is 2.27. The van der Waals surface area contributed by atoms with E-state index in [2.05, 4.69) is 5.32 Å². The molecule has 2 atom stereocenters. The van der Waals surface area contributed by atoms with E-state index in [1.807, 2.05) is 32.9 Å². The van der Waals surface area contributed by atoms with Crippen molar-refractivity contribution in [2.24, 2.45) is 0 Å². The maximum Gasteiger partial charge on any atom is 0.242 e. The molecule has 2 aromatic rings. The van der Waals surface area contributed by atoms with Crippen LogP contribution in [0.25, 0.3) is 0 Å². The molecular formula is C27H38ClN3O5S. The highest BCUT2D eigenvalue weighted by Crippen LogP contribution is 2.23. The molecule has 10 heteroatoms. The van der Waals surface area contributed by atoms with Crippen molar-refractivity contribution >= 4 is 39.1 Å². The van der Waals surface area contributed by atoms with Gasteiger partial charge in [0.05, 0.1) is 18.6 Å². The van der Waals surface area contributed by atoms with Crippen molar-refractivity contribution in [3.8, 4) is 5.75 Å². The van der Waals surface area contributed by atoms with Gasteiger partial charge in [-0.2, -0.15) is 0 Å². The number of ether oxygens (including phenoxy) is 1. The maximum absolute atomic E-state index is 13.4. The lowest BCUT2D eigenvalue weighted by Gasteiger charge is -2.30. The summed E-state index contributed by atoms with van der Waals surface area (Å²) in [7, 11) is -3.58. The lowest BCUT2D eigenvalue weighted by Crippen LogP contribution is -2.49. The highest BCUT2D eigenvalue weighted by molar-refractivity contribution is 7.92. The Bertz CT molecular complexity index is 1140. The van der Waals surface area contributed by atoms with Crippen molar-refractivity contribution < 1.29 is 22.7 Å². The molecule has 0 saturated heterocycles. The predicted molar refractivity (Wildman–Crippen MR) is 148 cm³/mol. The Balaban J connectivity index is 2.17. The Morgan fingerprint density at radius 2 is 1.70 bits per heavy atom. The summed E-state index contributed by atoms with van der Waals surface area (Å²) in [4.78, 5) is 27.7. The van der Waals surface area contributed by atoms with Gasteiger partial charge in [0.25, 0.3) is 0 Å². The number of anilines is 1. The number of sulfonamides is 1. The summed E-state index contributed by atoms with van der Waals surface area (Å²) in [6.07, 6.45) is 2.24. The standard InChI is InChI=1S/C27H38ClN3O5S/c1-6-20(3)29-27(33)21(4)30(19-22-11-8-9-12-25(22)28)26(32)13-10-18-31(37(5,34)35)23-14-16-24(17-15-23)36-7-2/h8-9,11-12,14-17,20-21H,6-7,10,13,18-19H2,1-5H3,(H,29,33)/t20-,21+/m1/s1. The molecule has 0 spiro atoms. The maximum atomic E-state index is 13.4. The van der Waals surface area contributed by atoms with Crippen LogP contribution in [0.5, 0.6) is 5.75 Å². The van der Waals surface area contributed by atoms with Crippen molar-refractivity contribution in [2.45, 2.75) is 65.6 Å². The molecule has 37 heavy (non-hydrogen) atoms. The third-order valence-electron chi connectivity index (χ3n) is 6.05. The second-order valence-electron chi connectivity index (χ2n) is 8.97. The van der Waals surface area contributed by atoms with E-state index < -0.39 is 16.1 Å². The van der Waals surface area contributed by atoms with E-state index in [0.29, 0.717) is 23.1 Å². The fraction of sp³-hybridized carbons (Fsp3) is 0.481. The van der Waals surface area contributed by atoms with Crippen LogP contribution in [0.1, 0.15) is 52.5 Å². The number of benzene rings is 2. The molecule has 0 unspecified atom stereocenters. The third-order valence-corrected chi connectivity index (χ3v) is 7.62. The van der Waals surface area contributed by atoms with Gasteiger partial charge in [-0.05, 0) is 69.5 Å². The minimum atomic E-state index is -3.58. The van der Waals surface area contributed by atoms with Gasteiger partial charge in [-0.3, -0.25) is 13.9 Å². The van der Waals surface area contributed by atoms with Crippen LogP contribution in [0.3, 0.4) is 0 Å². The number of hydrogen-bond acceptors (Lipinski definition) is 5. The summed E-state index contributed by atoms with van der Waals surface area (Å²) in [6.45, 7) is 8.24. The van der Waals surface area contributed by atoms with Crippen LogP contribution in [0.15, 0.2) is 48.5 Å². The monoisotopic (exact) mass is 551 g/mol. The summed E-state index contributed by atoms with van der Waals surface area (Å²) in [5.41, 5.74) is 1.22. The van der Waals surface area contributed by atoms with E-state index in [0.717, 1.165) is 18.2 Å². The van der Waals surface area contributed by atoms with E-state index in [-0.39, 0.29) is 43.8 Å². The van der Waals surface area contributed by atoms with Crippen LogP contribution in [0.4, 0.5) is 5.69 Å². The summed E-state index contributed by atoms with van der Waals surface area (Å²) in [6, 6.07) is 13.2. The average molecular weight is 552 g/mol. The van der Waals surface area contributed by atoms with E-state index in [1.54, 1.807) is 43.3 Å². The Kier molecular flexibility index (Phi) is 11.7. The summed E-state index contributed by atoms with van der Waals surface area (Å²) < 4.78 is 31.7. The number of hydrogen-bond donors (Lipinski definition) is 1. The van der Waals surface area contributed by atoms with Crippen LogP contribution in [-0.4, -0.2) is 56.6 Å². The molecule has 0 aliphatic heterocycles. The van der Waals surface area contributed by atoms with Gasteiger partial charge in [0.1, 0.15) is 11.8 Å². The molecular weight excluding hydrogens is 514 g/mol. The molecule has 0 fully saturated rings. The number of carbonyl (C=O) groups excluding carboxylic acids is 2. The van der Waals surface area contributed by atoms with Crippen LogP contribution < -0.4 is 14.4 Å². The van der Waals surface area contributed by atoms with Gasteiger partial charge in [0.2, 0.25) is 21.8 Å². The largest absolute Gasteiger partial charge is 0.494 e. The van der Waals surface area contributed by atoms with Gasteiger partial charge in [0, 0.05) is 30.6 Å². The van der Waals surface area contributed by atoms with Crippen LogP contribution >= 0.6 is 11.6 Å². The molecule has 0 heterocycles. The zero-order chi connectivity index (χ0) is 27.6. The number of nitrogens with one attached hydrogen (secondary N) is 1. The number of amides is 2. The third kappa shape index (κ3) is 9.23. The van der Waals surface area contributed by atoms with Crippen molar-refractivity contribution in [2.75, 3.05) is 23.7 Å². The minimum Gasteiger partial charge on any atom is -0.494 e. The second-order valence-corrected chi connectivity index (χ2v) is 11.3. The lowest BCUT2D eigenvalue weighted by atomic mass is 10.1. The SMILES string of the molecule is CCOc1ccc(N(CCCC(=O)N(Cc2ccccc2Cl)[C@@H](C)C(=O)N[C@H](C)CC)S(C)(=O)=O)cc1. The summed E-state index contributed by atoms with van der Waals surface area (Å²) in [5.74, 6) is 0.142. The molecule has 0 bridgehead atoms. The molecule has 8 nitrogen and oxygen atoms in total. The number of rotatable bonds is 14. The average Bonchev–Trinajstić information content (AvgIpc) is 2.85. The van der Waals surface area contributed by atoms with E-state index in [4.69, 9.17) is 16.3 Å². The molecule has 2 amide bonds. The molecule has 0 aliphatic carbocycles. The Labute approximate surface area is 226 Å². The van der Waals surface area contributed by atoms with Crippen molar-refractivity contribution in [1.29, 1.82) is 0 Å². The van der Waals surface area contributed by atoms with Gasteiger partial charge in [0.15, 0.2) is 0 Å². The summed E-state index contributed by atoms with van der Waals surface area (Å²) >= 11 is 6.34. The summed E-state index contributed by atoms with van der Waals surface area (Å²) in [5, 5.41) is 3.44. The topological polar surface area (TPSA) is 96.0 Å². The Morgan fingerprint density at radius 3 is 2.27 bits per heavy atom. The van der Waals surface area contributed by atoms with Crippen LogP contribution in [-0.2, 0) is 26.2 Å². The Hall–Kier alpha value is -2.78. The van der Waals surface area contributed by atoms with E-state index >= 15 is 0 Å². The first-order valence-corrected chi connectivity index (χ1v) is 14.7. The van der Waals surface area contributed by atoms with Gasteiger partial charge < -0.3 is 15.0 Å². The predicted octanol–water partition coefficient (Wildman–Crippen LogP) is 4.62. The second kappa shape index (κ2) is 14.2. The van der Waals surface area contributed by atoms with Gasteiger partial charge in [-0.1, -0.05) is 36.7 Å². The quantitative estimate of drug-likeness (QED) is 0.370. The van der Waals surface area contributed by atoms with Gasteiger partial charge in [-0.15, -0.1) is 0 Å². The number of nitrogens with zero attached hydrogens (tertiary/aromatic N) is 2. The molecule has 2 aromatic carbocycles. The van der Waals surface area contributed by atoms with E-state index in [9.17, 15) is 18.0 Å². The smallest absolute Gasteiger partial charge is 0.242 e. The number of carbonyl (C=O) groups is 2. The molecule has 0 saturated carbocycles. The minimum absolute atomic E-state index is 0.0235. The first-order valence-electron chi connectivity index (χ1n) is 12.5. The van der Waals surface area contributed by atoms with Crippen molar-refractivity contribution in [3.05, 3.63) is 59.1 Å². The fourth-order valence-corrected chi connectivity index (χ4v) is 4.90. The fourth-order valence-electron chi connectivity index (χ4n) is 3.74. The first kappa shape index (κ1) is 30.4. The molecule has 2 rings (SSSR count). The molecule has 0 aliphatic rings. The zero-order valence-corrected chi connectivity index (χ0v) is 23.8. The molecule has 0 aromatic heterocycles. The molecule has 0 radical (unpaired) electrons. The molecule has 204 valence electrons.